The van der Waals surface area contributed by atoms with Crippen molar-refractivity contribution in [2.45, 2.75) is 37.7 Å². The zero-order valence-electron chi connectivity index (χ0n) is 14.8. The van der Waals surface area contributed by atoms with Crippen LogP contribution in [0.25, 0.3) is 0 Å². The summed E-state index contributed by atoms with van der Waals surface area (Å²) in [6, 6.07) is 9.98. The Kier molecular flexibility index (Phi) is 7.36. The third kappa shape index (κ3) is 5.00. The predicted octanol–water partition coefficient (Wildman–Crippen LogP) is 3.45. The average molecular weight is 362 g/mol. The van der Waals surface area contributed by atoms with Gasteiger partial charge in [0.15, 0.2) is 0 Å². The molecule has 0 spiro atoms. The van der Waals surface area contributed by atoms with E-state index in [2.05, 4.69) is 28.0 Å². The fourth-order valence-corrected chi connectivity index (χ4v) is 3.79. The molecular formula is C20H28ClN3O. The Hall–Kier alpha value is -1.49. The van der Waals surface area contributed by atoms with E-state index < -0.39 is 5.60 Å². The predicted molar refractivity (Wildman–Crippen MR) is 103 cm³/mol. The van der Waals surface area contributed by atoms with Crippen molar-refractivity contribution in [3.05, 3.63) is 60.2 Å². The number of halogens is 1. The number of rotatable bonds is 6. The van der Waals surface area contributed by atoms with Crippen LogP contribution >= 0.6 is 12.4 Å². The van der Waals surface area contributed by atoms with E-state index in [1.165, 1.54) is 6.42 Å². The van der Waals surface area contributed by atoms with Gasteiger partial charge in [-0.05, 0) is 38.1 Å². The second-order valence-corrected chi connectivity index (χ2v) is 6.94. The monoisotopic (exact) mass is 361 g/mol. The summed E-state index contributed by atoms with van der Waals surface area (Å²) in [6.07, 6.45) is 10.6. The van der Waals surface area contributed by atoms with Crippen molar-refractivity contribution in [3.63, 3.8) is 0 Å². The Balaban J connectivity index is 0.00000225. The number of nitrogens with zero attached hydrogens (tertiary/aromatic N) is 3. The van der Waals surface area contributed by atoms with Gasteiger partial charge in [-0.25, -0.2) is 0 Å². The molecule has 0 saturated heterocycles. The molecule has 4 nitrogen and oxygen atoms in total. The van der Waals surface area contributed by atoms with Crippen LogP contribution in [0.15, 0.2) is 48.9 Å². The molecule has 1 saturated carbocycles. The van der Waals surface area contributed by atoms with Crippen molar-refractivity contribution in [2.24, 2.45) is 5.92 Å². The topological polar surface area (TPSA) is 49.2 Å². The Morgan fingerprint density at radius 1 is 1.20 bits per heavy atom. The molecule has 2 aromatic rings. The van der Waals surface area contributed by atoms with Gasteiger partial charge in [0.25, 0.3) is 0 Å². The van der Waals surface area contributed by atoms with E-state index in [4.69, 9.17) is 0 Å². The molecule has 0 aliphatic heterocycles. The van der Waals surface area contributed by atoms with Crippen molar-refractivity contribution in [2.75, 3.05) is 20.1 Å². The Morgan fingerprint density at radius 3 is 2.80 bits per heavy atom. The molecule has 2 atom stereocenters. The highest BCUT2D eigenvalue weighted by atomic mass is 35.5. The number of hydrogen-bond acceptors (Lipinski definition) is 4. The highest BCUT2D eigenvalue weighted by Gasteiger charge is 2.40. The van der Waals surface area contributed by atoms with E-state index >= 15 is 0 Å². The summed E-state index contributed by atoms with van der Waals surface area (Å²) in [4.78, 5) is 10.9. The Bertz CT molecular complexity index is 625. The van der Waals surface area contributed by atoms with Crippen LogP contribution in [0.4, 0.5) is 0 Å². The maximum absolute atomic E-state index is 11.4. The zero-order chi connectivity index (χ0) is 16.8. The molecule has 5 heteroatoms. The average Bonchev–Trinajstić information content (AvgIpc) is 2.64. The number of hydrogen-bond donors (Lipinski definition) is 1. The molecule has 0 bridgehead atoms. The second kappa shape index (κ2) is 9.27. The Morgan fingerprint density at radius 2 is 2.08 bits per heavy atom. The SMILES string of the molecule is CN(CCc1ccccn1)CC1CCCCC1(O)c1cccnc1.Cl. The van der Waals surface area contributed by atoms with Crippen LogP contribution in [0, 0.1) is 5.92 Å². The van der Waals surface area contributed by atoms with Crippen LogP contribution in [0.3, 0.4) is 0 Å². The summed E-state index contributed by atoms with van der Waals surface area (Å²) < 4.78 is 0. The normalized spacial score (nSPS) is 23.2. The molecule has 1 aliphatic rings. The van der Waals surface area contributed by atoms with Gasteiger partial charge in [0, 0.05) is 55.3 Å². The highest BCUT2D eigenvalue weighted by Crippen LogP contribution is 2.41. The minimum atomic E-state index is -0.744. The molecule has 0 amide bonds. The number of pyridine rings is 2. The summed E-state index contributed by atoms with van der Waals surface area (Å²) in [5, 5.41) is 11.4. The summed E-state index contributed by atoms with van der Waals surface area (Å²) >= 11 is 0. The van der Waals surface area contributed by atoms with Gasteiger partial charge in [-0.15, -0.1) is 12.4 Å². The molecule has 1 N–H and O–H groups in total. The Labute approximate surface area is 156 Å². The van der Waals surface area contributed by atoms with Gasteiger partial charge in [0.05, 0.1) is 5.60 Å². The van der Waals surface area contributed by atoms with E-state index in [1.807, 2.05) is 36.7 Å². The number of aliphatic hydroxyl groups is 1. The quantitative estimate of drug-likeness (QED) is 0.856. The largest absolute Gasteiger partial charge is 0.385 e. The molecule has 0 aromatic carbocycles. The molecule has 136 valence electrons. The smallest absolute Gasteiger partial charge is 0.0951 e. The zero-order valence-corrected chi connectivity index (χ0v) is 15.7. The van der Waals surface area contributed by atoms with Crippen LogP contribution < -0.4 is 0 Å². The molecule has 1 aliphatic carbocycles. The van der Waals surface area contributed by atoms with Gasteiger partial charge in [0.1, 0.15) is 0 Å². The van der Waals surface area contributed by atoms with Gasteiger partial charge < -0.3 is 10.0 Å². The first-order valence-electron chi connectivity index (χ1n) is 8.90. The molecule has 0 radical (unpaired) electrons. The third-order valence-corrected chi connectivity index (χ3v) is 5.21. The first kappa shape index (κ1) is 19.8. The number of aromatic nitrogens is 2. The fourth-order valence-electron chi connectivity index (χ4n) is 3.79. The standard InChI is InChI=1S/C20H27N3O.ClH/c1-23(14-10-19-9-3-5-13-22-19)16-18-7-2-4-11-20(18,24)17-8-6-12-21-15-17;/h3,5-6,8-9,12-13,15,18,24H,2,4,7,10-11,14,16H2,1H3;1H. The summed E-state index contributed by atoms with van der Waals surface area (Å²) in [5.74, 6) is 0.254. The second-order valence-electron chi connectivity index (χ2n) is 6.94. The molecule has 2 aromatic heterocycles. The first-order valence-corrected chi connectivity index (χ1v) is 8.90. The molecule has 25 heavy (non-hydrogen) atoms. The van der Waals surface area contributed by atoms with Gasteiger partial charge in [-0.3, -0.25) is 9.97 Å². The van der Waals surface area contributed by atoms with Crippen LogP contribution in [0.1, 0.15) is 36.9 Å². The molecular weight excluding hydrogens is 334 g/mol. The van der Waals surface area contributed by atoms with E-state index in [-0.39, 0.29) is 18.3 Å². The maximum atomic E-state index is 11.4. The van der Waals surface area contributed by atoms with Crippen molar-refractivity contribution < 1.29 is 5.11 Å². The third-order valence-electron chi connectivity index (χ3n) is 5.21. The minimum Gasteiger partial charge on any atom is -0.385 e. The summed E-state index contributed by atoms with van der Waals surface area (Å²) in [5.41, 5.74) is 1.34. The van der Waals surface area contributed by atoms with Crippen molar-refractivity contribution in [3.8, 4) is 0 Å². The van der Waals surface area contributed by atoms with Crippen molar-refractivity contribution in [1.29, 1.82) is 0 Å². The molecule has 2 unspecified atom stereocenters. The lowest BCUT2D eigenvalue weighted by molar-refractivity contribution is -0.0637. The molecule has 3 rings (SSSR count). The van der Waals surface area contributed by atoms with E-state index in [0.717, 1.165) is 50.0 Å². The lowest BCUT2D eigenvalue weighted by Gasteiger charge is -2.42. The van der Waals surface area contributed by atoms with E-state index in [1.54, 1.807) is 6.20 Å². The van der Waals surface area contributed by atoms with Crippen molar-refractivity contribution in [1.82, 2.24) is 14.9 Å². The minimum absolute atomic E-state index is 0. The van der Waals surface area contributed by atoms with Crippen LogP contribution in [-0.2, 0) is 12.0 Å². The highest BCUT2D eigenvalue weighted by molar-refractivity contribution is 5.85. The van der Waals surface area contributed by atoms with Gasteiger partial charge in [0.2, 0.25) is 0 Å². The summed E-state index contributed by atoms with van der Waals surface area (Å²) in [6.45, 7) is 1.86. The molecule has 2 heterocycles. The fraction of sp³-hybridized carbons (Fsp3) is 0.500. The van der Waals surface area contributed by atoms with Crippen LogP contribution in [0.5, 0.6) is 0 Å². The van der Waals surface area contributed by atoms with Crippen LogP contribution in [0.2, 0.25) is 0 Å². The van der Waals surface area contributed by atoms with Gasteiger partial charge in [-0.1, -0.05) is 25.0 Å². The van der Waals surface area contributed by atoms with Crippen molar-refractivity contribution >= 4 is 12.4 Å². The van der Waals surface area contributed by atoms with Gasteiger partial charge >= 0.3 is 0 Å². The number of likely N-dealkylation sites (N-methyl/N-ethyl adjacent to an activating group) is 1. The van der Waals surface area contributed by atoms with E-state index in [9.17, 15) is 5.11 Å². The van der Waals surface area contributed by atoms with Gasteiger partial charge in [-0.2, -0.15) is 0 Å². The van der Waals surface area contributed by atoms with Crippen LogP contribution in [-0.4, -0.2) is 40.1 Å². The summed E-state index contributed by atoms with van der Waals surface area (Å²) in [7, 11) is 2.14. The first-order chi connectivity index (χ1) is 11.7. The van der Waals surface area contributed by atoms with E-state index in [0.29, 0.717) is 0 Å². The lowest BCUT2D eigenvalue weighted by Crippen LogP contribution is -2.44. The maximum Gasteiger partial charge on any atom is 0.0951 e. The lowest BCUT2D eigenvalue weighted by atomic mass is 9.71. The molecule has 1 fully saturated rings.